The Labute approximate surface area is 172 Å². The van der Waals surface area contributed by atoms with E-state index in [0.29, 0.717) is 25.1 Å². The molecule has 0 aliphatic carbocycles. The fourth-order valence-corrected chi connectivity index (χ4v) is 2.45. The summed E-state index contributed by atoms with van der Waals surface area (Å²) in [4.78, 5) is 25.8. The molecule has 2 amide bonds. The zero-order valence-electron chi connectivity index (χ0n) is 15.5. The fourth-order valence-electron chi connectivity index (χ4n) is 1.97. The van der Waals surface area contributed by atoms with E-state index in [1.165, 1.54) is 0 Å². The molecule has 1 aromatic rings. The van der Waals surface area contributed by atoms with Crippen molar-refractivity contribution in [3.8, 4) is 0 Å². The van der Waals surface area contributed by atoms with Gasteiger partial charge in [0.15, 0.2) is 0 Å². The van der Waals surface area contributed by atoms with Crippen molar-refractivity contribution in [2.24, 2.45) is 5.73 Å². The molecule has 0 heterocycles. The van der Waals surface area contributed by atoms with Crippen molar-refractivity contribution in [1.82, 2.24) is 15.5 Å². The van der Waals surface area contributed by atoms with Crippen LogP contribution in [0.1, 0.15) is 22.3 Å². The van der Waals surface area contributed by atoms with Gasteiger partial charge in [0.1, 0.15) is 0 Å². The Bertz CT molecular complexity index is 530. The zero-order valence-corrected chi connectivity index (χ0v) is 17.9. The summed E-state index contributed by atoms with van der Waals surface area (Å²) in [5, 5.41) is 5.69. The van der Waals surface area contributed by atoms with Crippen LogP contribution >= 0.6 is 36.6 Å². The Kier molecular flexibility index (Phi) is 15.8. The van der Waals surface area contributed by atoms with E-state index in [4.69, 9.17) is 5.73 Å². The van der Waals surface area contributed by atoms with Gasteiger partial charge in [-0.2, -0.15) is 11.8 Å². The number of hydrogen-bond acceptors (Lipinski definition) is 5. The zero-order chi connectivity index (χ0) is 17.9. The molecule has 150 valence electrons. The van der Waals surface area contributed by atoms with Crippen molar-refractivity contribution < 1.29 is 9.59 Å². The van der Waals surface area contributed by atoms with Gasteiger partial charge in [-0.25, -0.2) is 0 Å². The highest BCUT2D eigenvalue weighted by atomic mass is 35.5. The van der Waals surface area contributed by atoms with Crippen molar-refractivity contribution in [2.75, 3.05) is 39.2 Å². The number of nitrogens with two attached hydrogens (primary N) is 1. The lowest BCUT2D eigenvalue weighted by atomic mass is 10.1. The Morgan fingerprint density at radius 2 is 1.77 bits per heavy atom. The largest absolute Gasteiger partial charge is 0.351 e. The third kappa shape index (κ3) is 10.9. The van der Waals surface area contributed by atoms with E-state index < -0.39 is 6.04 Å². The minimum Gasteiger partial charge on any atom is -0.351 e. The van der Waals surface area contributed by atoms with Crippen LogP contribution in [0.15, 0.2) is 24.3 Å². The summed E-state index contributed by atoms with van der Waals surface area (Å²) in [6.45, 7) is 1.82. The van der Waals surface area contributed by atoms with Crippen LogP contribution in [-0.4, -0.2) is 61.9 Å². The Balaban J connectivity index is 0. The van der Waals surface area contributed by atoms with E-state index in [0.717, 1.165) is 17.9 Å². The predicted molar refractivity (Wildman–Crippen MR) is 115 cm³/mol. The number of benzene rings is 1. The predicted octanol–water partition coefficient (Wildman–Crippen LogP) is 1.52. The number of thioether (sulfide) groups is 1. The summed E-state index contributed by atoms with van der Waals surface area (Å²) >= 11 is 1.67. The Morgan fingerprint density at radius 1 is 1.15 bits per heavy atom. The van der Waals surface area contributed by atoms with Gasteiger partial charge in [0.25, 0.3) is 5.91 Å². The van der Waals surface area contributed by atoms with Gasteiger partial charge < -0.3 is 21.3 Å². The SMILES string of the molecule is CSCC[C@H](N)C(=O)NCc1ccc(C(=O)NCCN(C)C)cc1.Cl.Cl. The quantitative estimate of drug-likeness (QED) is 0.529. The van der Waals surface area contributed by atoms with Crippen LogP contribution in [0.2, 0.25) is 0 Å². The lowest BCUT2D eigenvalue weighted by Gasteiger charge is -2.12. The first-order valence-electron chi connectivity index (χ1n) is 7.98. The van der Waals surface area contributed by atoms with Crippen LogP contribution in [0.4, 0.5) is 0 Å². The smallest absolute Gasteiger partial charge is 0.251 e. The summed E-state index contributed by atoms with van der Waals surface area (Å²) in [5.74, 6) is 0.632. The average molecular weight is 425 g/mol. The third-order valence-corrected chi connectivity index (χ3v) is 4.14. The van der Waals surface area contributed by atoms with E-state index in [-0.39, 0.29) is 36.6 Å². The molecule has 1 atom stereocenters. The van der Waals surface area contributed by atoms with Crippen LogP contribution < -0.4 is 16.4 Å². The van der Waals surface area contributed by atoms with E-state index in [9.17, 15) is 9.59 Å². The first kappa shape index (κ1) is 27.2. The maximum atomic E-state index is 12.0. The average Bonchev–Trinajstić information content (AvgIpc) is 2.57. The molecular formula is C17H30Cl2N4O2S. The molecule has 0 aromatic heterocycles. The maximum absolute atomic E-state index is 12.0. The normalized spacial score (nSPS) is 11.1. The van der Waals surface area contributed by atoms with Crippen molar-refractivity contribution in [1.29, 1.82) is 0 Å². The van der Waals surface area contributed by atoms with E-state index in [1.807, 2.05) is 37.4 Å². The number of nitrogens with one attached hydrogen (secondary N) is 2. The number of rotatable bonds is 10. The highest BCUT2D eigenvalue weighted by molar-refractivity contribution is 7.98. The highest BCUT2D eigenvalue weighted by Crippen LogP contribution is 2.05. The first-order valence-corrected chi connectivity index (χ1v) is 9.37. The topological polar surface area (TPSA) is 87.5 Å². The van der Waals surface area contributed by atoms with Crippen molar-refractivity contribution in [3.63, 3.8) is 0 Å². The number of carbonyl (C=O) groups is 2. The molecule has 1 aromatic carbocycles. The van der Waals surface area contributed by atoms with Crippen LogP contribution in [0.3, 0.4) is 0 Å². The highest BCUT2D eigenvalue weighted by Gasteiger charge is 2.12. The van der Waals surface area contributed by atoms with E-state index in [2.05, 4.69) is 10.6 Å². The molecule has 0 aliphatic rings. The minimum atomic E-state index is -0.473. The lowest BCUT2D eigenvalue weighted by Crippen LogP contribution is -2.40. The monoisotopic (exact) mass is 424 g/mol. The number of carbonyl (C=O) groups excluding carboxylic acids is 2. The second-order valence-electron chi connectivity index (χ2n) is 5.86. The maximum Gasteiger partial charge on any atom is 0.251 e. The number of amides is 2. The van der Waals surface area contributed by atoms with Crippen molar-refractivity contribution >= 4 is 48.4 Å². The Morgan fingerprint density at radius 3 is 2.31 bits per heavy atom. The van der Waals surface area contributed by atoms with Gasteiger partial charge in [0.2, 0.25) is 5.91 Å². The molecule has 0 bridgehead atoms. The van der Waals surface area contributed by atoms with E-state index >= 15 is 0 Å². The van der Waals surface area contributed by atoms with Crippen molar-refractivity contribution in [3.05, 3.63) is 35.4 Å². The molecule has 6 nitrogen and oxygen atoms in total. The summed E-state index contributed by atoms with van der Waals surface area (Å²) in [5.41, 5.74) is 7.36. The molecule has 0 fully saturated rings. The van der Waals surface area contributed by atoms with Crippen molar-refractivity contribution in [2.45, 2.75) is 19.0 Å². The third-order valence-electron chi connectivity index (χ3n) is 3.50. The van der Waals surface area contributed by atoms with Gasteiger partial charge in [-0.1, -0.05) is 12.1 Å². The number of halogens is 2. The van der Waals surface area contributed by atoms with Gasteiger partial charge in [-0.05, 0) is 50.2 Å². The van der Waals surface area contributed by atoms with Gasteiger partial charge >= 0.3 is 0 Å². The molecule has 0 saturated carbocycles. The molecule has 1 rings (SSSR count). The number of likely N-dealkylation sites (N-methyl/N-ethyl adjacent to an activating group) is 1. The van der Waals surface area contributed by atoms with Gasteiger partial charge in [0, 0.05) is 25.2 Å². The van der Waals surface area contributed by atoms with Gasteiger partial charge in [0.05, 0.1) is 6.04 Å². The summed E-state index contributed by atoms with van der Waals surface area (Å²) in [6.07, 6.45) is 2.65. The van der Waals surface area contributed by atoms with Crippen LogP contribution in [0, 0.1) is 0 Å². The molecule has 0 unspecified atom stereocenters. The molecule has 9 heteroatoms. The number of hydrogen-bond donors (Lipinski definition) is 3. The van der Waals surface area contributed by atoms with Crippen LogP contribution in [0.5, 0.6) is 0 Å². The standard InChI is InChI=1S/C17H28N4O2S.2ClH/c1-21(2)10-9-19-16(22)14-6-4-13(5-7-14)12-20-17(23)15(18)8-11-24-3;;/h4-7,15H,8-12,18H2,1-3H3,(H,19,22)(H,20,23);2*1H/t15-;;/m0../s1. The first-order chi connectivity index (χ1) is 11.4. The molecular weight excluding hydrogens is 395 g/mol. The van der Waals surface area contributed by atoms with Crippen LogP contribution in [0.25, 0.3) is 0 Å². The van der Waals surface area contributed by atoms with Gasteiger partial charge in [-0.3, -0.25) is 9.59 Å². The minimum absolute atomic E-state index is 0. The molecule has 0 aliphatic heterocycles. The number of nitrogens with zero attached hydrogens (tertiary/aromatic N) is 1. The molecule has 0 spiro atoms. The Hall–Kier alpha value is -0.990. The summed E-state index contributed by atoms with van der Waals surface area (Å²) in [6, 6.07) is 6.74. The summed E-state index contributed by atoms with van der Waals surface area (Å²) in [7, 11) is 3.92. The fraction of sp³-hybridized carbons (Fsp3) is 0.529. The molecule has 0 saturated heterocycles. The molecule has 4 N–H and O–H groups in total. The second kappa shape index (κ2) is 15.1. The second-order valence-corrected chi connectivity index (χ2v) is 6.85. The summed E-state index contributed by atoms with van der Waals surface area (Å²) < 4.78 is 0. The van der Waals surface area contributed by atoms with Crippen LogP contribution in [-0.2, 0) is 11.3 Å². The van der Waals surface area contributed by atoms with E-state index in [1.54, 1.807) is 23.9 Å². The van der Waals surface area contributed by atoms with Gasteiger partial charge in [-0.15, -0.1) is 24.8 Å². The molecule has 0 radical (unpaired) electrons. The molecule has 26 heavy (non-hydrogen) atoms. The lowest BCUT2D eigenvalue weighted by molar-refractivity contribution is -0.122.